The van der Waals surface area contributed by atoms with Gasteiger partial charge in [0.05, 0.1) is 0 Å². The summed E-state index contributed by atoms with van der Waals surface area (Å²) in [6.45, 7) is 22.4. The third kappa shape index (κ3) is 10.1. The van der Waals surface area contributed by atoms with Gasteiger partial charge < -0.3 is 24.8 Å². The molecule has 3 heteroatoms. The van der Waals surface area contributed by atoms with Gasteiger partial charge in [0.2, 0.25) is 0 Å². The maximum absolute atomic E-state index is 3.67. The second-order valence-electron chi connectivity index (χ2n) is 13.8. The Morgan fingerprint density at radius 2 is 1.40 bits per heavy atom. The minimum absolute atomic E-state index is 0. The number of hydrogen-bond donors (Lipinski definition) is 0. The van der Waals surface area contributed by atoms with Crippen LogP contribution in [0.2, 0.25) is 0 Å². The quantitative estimate of drug-likeness (QED) is 0.266. The van der Waals surface area contributed by atoms with Crippen molar-refractivity contribution in [3.8, 4) is 11.1 Å². The van der Waals surface area contributed by atoms with Crippen LogP contribution >= 0.6 is 0 Å². The number of benzene rings is 2. The Morgan fingerprint density at radius 1 is 0.800 bits per heavy atom. The van der Waals surface area contributed by atoms with Crippen molar-refractivity contribution in [2.75, 3.05) is 0 Å². The van der Waals surface area contributed by atoms with Gasteiger partial charge in [0, 0.05) is 0 Å². The molecule has 0 amide bonds. The molecule has 40 heavy (non-hydrogen) atoms. The van der Waals surface area contributed by atoms with Crippen molar-refractivity contribution in [3.05, 3.63) is 87.5 Å². The molecule has 0 aromatic heterocycles. The SMILES string of the molecule is CC(C)(C)c1[c-]c2c(cc1)-c1ccc(C(C)(C)C)cc1C2.Cc1cc(C(C)C)c(C)[cH-]1.[Cl-].[Cl-].[Zr+2]=[C]1CCCCC1. The average Bonchev–Trinajstić information content (AvgIpc) is 3.37. The molecule has 0 spiro atoms. The summed E-state index contributed by atoms with van der Waals surface area (Å²) in [6.07, 6.45) is 8.34. The molecule has 0 atom stereocenters. The van der Waals surface area contributed by atoms with Crippen LogP contribution in [0.5, 0.6) is 0 Å². The summed E-state index contributed by atoms with van der Waals surface area (Å²) in [6, 6.07) is 19.7. The molecule has 0 bridgehead atoms. The molecule has 0 unspecified atom stereocenters. The summed E-state index contributed by atoms with van der Waals surface area (Å²) in [5, 5.41) is 0. The van der Waals surface area contributed by atoms with Crippen molar-refractivity contribution in [2.24, 2.45) is 0 Å². The van der Waals surface area contributed by atoms with Gasteiger partial charge in [-0.2, -0.15) is 46.5 Å². The zero-order valence-corrected chi connectivity index (χ0v) is 30.6. The molecule has 0 radical (unpaired) electrons. The van der Waals surface area contributed by atoms with E-state index in [4.69, 9.17) is 0 Å². The number of halogens is 2. The van der Waals surface area contributed by atoms with E-state index in [1.165, 1.54) is 82.2 Å². The predicted octanol–water partition coefficient (Wildman–Crippen LogP) is 4.48. The monoisotopic (exact) mass is 654 g/mol. The first kappa shape index (κ1) is 37.1. The van der Waals surface area contributed by atoms with Crippen molar-refractivity contribution in [2.45, 2.75) is 125 Å². The molecule has 0 heterocycles. The van der Waals surface area contributed by atoms with Crippen LogP contribution in [0.1, 0.15) is 132 Å². The van der Waals surface area contributed by atoms with E-state index in [0.29, 0.717) is 5.92 Å². The van der Waals surface area contributed by atoms with Crippen molar-refractivity contribution in [1.29, 1.82) is 0 Å². The third-order valence-electron chi connectivity index (χ3n) is 7.83. The summed E-state index contributed by atoms with van der Waals surface area (Å²) in [4.78, 5) is 0. The van der Waals surface area contributed by atoms with Crippen LogP contribution in [-0.2, 0) is 41.5 Å². The molecular formula is C37H50Cl2Zr-2. The molecule has 3 aromatic carbocycles. The van der Waals surface area contributed by atoms with Crippen LogP contribution < -0.4 is 24.8 Å². The molecule has 0 saturated heterocycles. The fourth-order valence-electron chi connectivity index (χ4n) is 5.45. The first-order chi connectivity index (χ1) is 17.7. The van der Waals surface area contributed by atoms with Crippen LogP contribution in [0.3, 0.4) is 0 Å². The van der Waals surface area contributed by atoms with Crippen LogP contribution in [-0.4, -0.2) is 3.21 Å². The van der Waals surface area contributed by atoms with Gasteiger partial charge in [0.25, 0.3) is 0 Å². The van der Waals surface area contributed by atoms with Gasteiger partial charge in [-0.25, -0.2) is 6.07 Å². The Balaban J connectivity index is 0.000000351. The second kappa shape index (κ2) is 15.6. The summed E-state index contributed by atoms with van der Waals surface area (Å²) >= 11 is 1.69. The Kier molecular flexibility index (Phi) is 14.4. The third-order valence-corrected chi connectivity index (χ3v) is 9.05. The van der Waals surface area contributed by atoms with Gasteiger partial charge in [-0.05, 0) is 28.4 Å². The van der Waals surface area contributed by atoms with Gasteiger partial charge in [-0.3, -0.25) is 0 Å². The Labute approximate surface area is 273 Å². The van der Waals surface area contributed by atoms with Crippen molar-refractivity contribution < 1.29 is 49.0 Å². The van der Waals surface area contributed by atoms with Crippen molar-refractivity contribution in [1.82, 2.24) is 0 Å². The maximum atomic E-state index is 3.67. The number of hydrogen-bond acceptors (Lipinski definition) is 0. The molecular weight excluding hydrogens is 607 g/mol. The van der Waals surface area contributed by atoms with E-state index in [2.05, 4.69) is 118 Å². The Bertz CT molecular complexity index is 1180. The molecule has 0 N–H and O–H groups in total. The van der Waals surface area contributed by atoms with E-state index in [9.17, 15) is 0 Å². The van der Waals surface area contributed by atoms with E-state index in [-0.39, 0.29) is 35.6 Å². The zero-order valence-electron chi connectivity index (χ0n) is 26.6. The first-order valence-electron chi connectivity index (χ1n) is 14.7. The van der Waals surface area contributed by atoms with Gasteiger partial charge in [0.15, 0.2) is 0 Å². The normalized spacial score (nSPS) is 14.1. The minimum atomic E-state index is 0. The zero-order chi connectivity index (χ0) is 28.3. The van der Waals surface area contributed by atoms with E-state index in [1.807, 2.05) is 0 Å². The molecule has 0 aliphatic heterocycles. The predicted molar refractivity (Wildman–Crippen MR) is 165 cm³/mol. The molecule has 218 valence electrons. The molecule has 5 rings (SSSR count). The van der Waals surface area contributed by atoms with Crippen molar-refractivity contribution in [3.63, 3.8) is 0 Å². The van der Waals surface area contributed by atoms with Crippen LogP contribution in [0.25, 0.3) is 11.1 Å². The van der Waals surface area contributed by atoms with Crippen LogP contribution in [0, 0.1) is 19.9 Å². The summed E-state index contributed by atoms with van der Waals surface area (Å²) in [5.41, 5.74) is 13.0. The van der Waals surface area contributed by atoms with E-state index in [0.717, 1.165) is 6.42 Å². The van der Waals surface area contributed by atoms with Gasteiger partial charge in [-0.1, -0.05) is 98.9 Å². The topological polar surface area (TPSA) is 0 Å². The fourth-order valence-corrected chi connectivity index (χ4v) is 6.32. The van der Waals surface area contributed by atoms with Gasteiger partial charge in [0.1, 0.15) is 0 Å². The number of aryl methyl sites for hydroxylation is 2. The van der Waals surface area contributed by atoms with Gasteiger partial charge in [-0.15, -0.1) is 11.1 Å². The fraction of sp³-hybridized carbons (Fsp3) is 0.514. The van der Waals surface area contributed by atoms with E-state index >= 15 is 0 Å². The number of fused-ring (bicyclic) bond motifs is 3. The Morgan fingerprint density at radius 3 is 1.82 bits per heavy atom. The summed E-state index contributed by atoms with van der Waals surface area (Å²) in [7, 11) is 0. The van der Waals surface area contributed by atoms with E-state index < -0.39 is 0 Å². The van der Waals surface area contributed by atoms with E-state index in [1.54, 1.807) is 27.4 Å². The molecule has 0 nitrogen and oxygen atoms in total. The molecule has 1 saturated carbocycles. The first-order valence-corrected chi connectivity index (χ1v) is 15.9. The second-order valence-corrected chi connectivity index (χ2v) is 15.5. The number of rotatable bonds is 1. The Hall–Kier alpha value is -0.877. The van der Waals surface area contributed by atoms with Crippen LogP contribution in [0.15, 0.2) is 42.5 Å². The standard InChI is InChI=1S/C21H25.C10H15.C6H10.2ClH.Zr/c1-20(2,3)16-7-9-18-14(12-16)11-15-13-17(21(4,5)6)8-10-19(15)18;1-7(2)10-6-8(3)5-9(10)4;1-2-4-6-5-3-1;;;/h7-10,12H,11H2,1-6H3;5-7H,1-4H3;1-5H2;2*1H;/q2*-1;;;;+2/p-2. The molecule has 2 aliphatic carbocycles. The molecule has 1 fully saturated rings. The van der Waals surface area contributed by atoms with Gasteiger partial charge >= 0.3 is 59.5 Å². The average molecular weight is 657 g/mol. The molecule has 2 aliphatic rings. The summed E-state index contributed by atoms with van der Waals surface area (Å²) in [5.74, 6) is 0.675. The van der Waals surface area contributed by atoms with Crippen molar-refractivity contribution >= 4 is 3.21 Å². The van der Waals surface area contributed by atoms with Crippen LogP contribution in [0.4, 0.5) is 0 Å². The summed E-state index contributed by atoms with van der Waals surface area (Å²) < 4.78 is 1.80. The molecule has 3 aromatic rings.